The SMILES string of the molecule is C[B]Cc1cc(C(F)(F)F)ccc1Oc1ccc([B]C)c(CC(=O)OC)c1. The second-order valence-electron chi connectivity index (χ2n) is 5.94. The predicted octanol–water partition coefficient (Wildman–Crippen LogP) is 3.84. The van der Waals surface area contributed by atoms with Crippen LogP contribution in [0.1, 0.15) is 16.7 Å². The van der Waals surface area contributed by atoms with Crippen LogP contribution < -0.4 is 10.2 Å². The Balaban J connectivity index is 2.35. The molecule has 2 aromatic carbocycles. The van der Waals surface area contributed by atoms with E-state index in [9.17, 15) is 18.0 Å². The molecule has 27 heavy (non-hydrogen) atoms. The van der Waals surface area contributed by atoms with Gasteiger partial charge in [-0.2, -0.15) is 13.2 Å². The van der Waals surface area contributed by atoms with Crippen LogP contribution in [-0.4, -0.2) is 27.6 Å². The monoisotopic (exact) mass is 374 g/mol. The van der Waals surface area contributed by atoms with Crippen LogP contribution in [0.5, 0.6) is 11.5 Å². The number of esters is 1. The number of carbonyl (C=O) groups is 1. The first-order chi connectivity index (χ1) is 12.8. The number of halogens is 3. The van der Waals surface area contributed by atoms with Gasteiger partial charge in [-0.25, -0.2) is 0 Å². The van der Waals surface area contributed by atoms with Crippen LogP contribution in [-0.2, 0) is 28.4 Å². The van der Waals surface area contributed by atoms with Crippen LogP contribution in [0.15, 0.2) is 36.4 Å². The summed E-state index contributed by atoms with van der Waals surface area (Å²) in [5.74, 6) is 0.404. The van der Waals surface area contributed by atoms with E-state index in [0.29, 0.717) is 23.4 Å². The lowest BCUT2D eigenvalue weighted by Gasteiger charge is -2.15. The number of carbonyl (C=O) groups excluding carboxylic acids is 1. The zero-order valence-corrected chi connectivity index (χ0v) is 15.4. The van der Waals surface area contributed by atoms with Crippen molar-refractivity contribution in [3.8, 4) is 11.5 Å². The summed E-state index contributed by atoms with van der Waals surface area (Å²) >= 11 is 0. The fraction of sp³-hybridized carbons (Fsp3) is 0.316. The average Bonchev–Trinajstić information content (AvgIpc) is 2.62. The summed E-state index contributed by atoms with van der Waals surface area (Å²) in [7, 11) is 4.94. The molecule has 0 fully saturated rings. The molecular formula is C19H19B2F3O3. The molecule has 0 aliphatic carbocycles. The summed E-state index contributed by atoms with van der Waals surface area (Å²) in [6.07, 6.45) is -3.99. The normalized spacial score (nSPS) is 11.0. The minimum Gasteiger partial charge on any atom is -0.469 e. The van der Waals surface area contributed by atoms with Crippen LogP contribution in [0, 0.1) is 0 Å². The van der Waals surface area contributed by atoms with Crippen molar-refractivity contribution in [2.24, 2.45) is 0 Å². The average molecular weight is 374 g/mol. The topological polar surface area (TPSA) is 35.5 Å². The van der Waals surface area contributed by atoms with Gasteiger partial charge in [-0.15, -0.1) is 0 Å². The Morgan fingerprint density at radius 3 is 2.41 bits per heavy atom. The van der Waals surface area contributed by atoms with E-state index in [1.807, 2.05) is 14.1 Å². The van der Waals surface area contributed by atoms with Crippen molar-refractivity contribution in [3.05, 3.63) is 53.1 Å². The molecule has 0 spiro atoms. The minimum atomic E-state index is -4.41. The van der Waals surface area contributed by atoms with E-state index in [4.69, 9.17) is 9.47 Å². The Morgan fingerprint density at radius 2 is 1.81 bits per heavy atom. The molecule has 0 aliphatic heterocycles. The molecule has 0 amide bonds. The molecular weight excluding hydrogens is 355 g/mol. The Hall–Kier alpha value is -2.37. The minimum absolute atomic E-state index is 0.0793. The summed E-state index contributed by atoms with van der Waals surface area (Å²) in [5.41, 5.74) is 1.31. The maximum Gasteiger partial charge on any atom is 0.416 e. The first-order valence-corrected chi connectivity index (χ1v) is 8.43. The van der Waals surface area contributed by atoms with Crippen LogP contribution >= 0.6 is 0 Å². The maximum absolute atomic E-state index is 13.0. The molecule has 3 nitrogen and oxygen atoms in total. The Bertz CT molecular complexity index is 807. The number of alkyl halides is 3. The number of hydrogen-bond donors (Lipinski definition) is 0. The summed E-state index contributed by atoms with van der Waals surface area (Å²) < 4.78 is 49.4. The second kappa shape index (κ2) is 9.02. The van der Waals surface area contributed by atoms with Crippen LogP contribution in [0.4, 0.5) is 13.2 Å². The fourth-order valence-corrected chi connectivity index (χ4v) is 2.67. The third-order valence-corrected chi connectivity index (χ3v) is 4.03. The van der Waals surface area contributed by atoms with E-state index in [-0.39, 0.29) is 12.4 Å². The Morgan fingerprint density at radius 1 is 1.07 bits per heavy atom. The van der Waals surface area contributed by atoms with Gasteiger partial charge in [0, 0.05) is 0 Å². The number of hydrogen-bond acceptors (Lipinski definition) is 3. The van der Waals surface area contributed by atoms with Gasteiger partial charge in [-0.05, 0) is 41.5 Å². The number of methoxy groups -OCH3 is 1. The molecule has 2 radical (unpaired) electrons. The van der Waals surface area contributed by atoms with Gasteiger partial charge in [-0.1, -0.05) is 31.5 Å². The zero-order chi connectivity index (χ0) is 20.0. The number of ether oxygens (including phenoxy) is 2. The van der Waals surface area contributed by atoms with Gasteiger partial charge < -0.3 is 9.47 Å². The van der Waals surface area contributed by atoms with Gasteiger partial charge in [0.25, 0.3) is 0 Å². The van der Waals surface area contributed by atoms with E-state index in [2.05, 4.69) is 0 Å². The summed E-state index contributed by atoms with van der Waals surface area (Å²) in [5, 5.41) is 0. The van der Waals surface area contributed by atoms with Gasteiger partial charge in [-0.3, -0.25) is 4.79 Å². The smallest absolute Gasteiger partial charge is 0.416 e. The Kier molecular flexibility index (Phi) is 6.99. The molecule has 2 rings (SSSR count). The van der Waals surface area contributed by atoms with E-state index < -0.39 is 11.7 Å². The van der Waals surface area contributed by atoms with E-state index in [0.717, 1.165) is 23.2 Å². The van der Waals surface area contributed by atoms with Crippen LogP contribution in [0.3, 0.4) is 0 Å². The molecule has 0 atom stereocenters. The molecule has 0 saturated heterocycles. The van der Waals surface area contributed by atoms with E-state index in [1.54, 1.807) is 32.3 Å². The van der Waals surface area contributed by atoms with Crippen molar-refractivity contribution >= 4 is 26.0 Å². The van der Waals surface area contributed by atoms with Gasteiger partial charge in [0.05, 0.1) is 19.1 Å². The van der Waals surface area contributed by atoms with Crippen molar-refractivity contribution in [2.45, 2.75) is 32.6 Å². The molecule has 0 saturated carbocycles. The van der Waals surface area contributed by atoms with Crippen molar-refractivity contribution in [3.63, 3.8) is 0 Å². The third-order valence-electron chi connectivity index (χ3n) is 4.03. The molecule has 8 heteroatoms. The van der Waals surface area contributed by atoms with Crippen molar-refractivity contribution in [1.29, 1.82) is 0 Å². The van der Waals surface area contributed by atoms with Gasteiger partial charge >= 0.3 is 12.1 Å². The molecule has 2 aromatic rings. The lowest BCUT2D eigenvalue weighted by molar-refractivity contribution is -0.140. The van der Waals surface area contributed by atoms with E-state index >= 15 is 0 Å². The van der Waals surface area contributed by atoms with Gasteiger partial charge in [0.1, 0.15) is 26.1 Å². The van der Waals surface area contributed by atoms with Crippen LogP contribution in [0.25, 0.3) is 0 Å². The first-order valence-electron chi connectivity index (χ1n) is 8.43. The predicted molar refractivity (Wildman–Crippen MR) is 100 cm³/mol. The lowest BCUT2D eigenvalue weighted by atomic mass is 9.70. The van der Waals surface area contributed by atoms with Gasteiger partial charge in [0.2, 0.25) is 0 Å². The third kappa shape index (κ3) is 5.55. The lowest BCUT2D eigenvalue weighted by Crippen LogP contribution is -2.20. The molecule has 0 N–H and O–H groups in total. The first kappa shape index (κ1) is 20.9. The highest BCUT2D eigenvalue weighted by molar-refractivity contribution is 6.52. The highest BCUT2D eigenvalue weighted by Gasteiger charge is 2.31. The molecule has 0 unspecified atom stereocenters. The van der Waals surface area contributed by atoms with Crippen LogP contribution in [0.2, 0.25) is 13.6 Å². The second-order valence-corrected chi connectivity index (χ2v) is 5.94. The Labute approximate surface area is 158 Å². The highest BCUT2D eigenvalue weighted by atomic mass is 19.4. The maximum atomic E-state index is 13.0. The number of benzene rings is 2. The molecule has 140 valence electrons. The number of rotatable bonds is 7. The standard InChI is InChI=1S/C19H19B2F3O3/c1-20-11-13-8-14(19(22,23)24)4-7-17(13)27-15-5-6-16(21-2)12(9-15)10-18(25)26-3/h4-9H,10-11H2,1-3H3. The largest absolute Gasteiger partial charge is 0.469 e. The van der Waals surface area contributed by atoms with Gasteiger partial charge in [0.15, 0.2) is 0 Å². The van der Waals surface area contributed by atoms with Crippen molar-refractivity contribution in [1.82, 2.24) is 0 Å². The quantitative estimate of drug-likeness (QED) is 0.546. The summed E-state index contributed by atoms with van der Waals surface area (Å²) in [4.78, 5) is 11.6. The fourth-order valence-electron chi connectivity index (χ4n) is 2.67. The molecule has 0 aliphatic rings. The van der Waals surface area contributed by atoms with Crippen molar-refractivity contribution < 1.29 is 27.4 Å². The van der Waals surface area contributed by atoms with Crippen molar-refractivity contribution in [2.75, 3.05) is 7.11 Å². The molecule has 0 aromatic heterocycles. The summed E-state index contributed by atoms with van der Waals surface area (Å²) in [6, 6.07) is 8.62. The highest BCUT2D eigenvalue weighted by Crippen LogP contribution is 2.34. The molecule has 0 bridgehead atoms. The zero-order valence-electron chi connectivity index (χ0n) is 15.4. The summed E-state index contributed by atoms with van der Waals surface area (Å²) in [6.45, 7) is 3.62. The molecule has 0 heterocycles. The van der Waals surface area contributed by atoms with E-state index in [1.165, 1.54) is 13.2 Å².